The van der Waals surface area contributed by atoms with Crippen molar-refractivity contribution in [2.75, 3.05) is 26.7 Å². The average molecular weight is 194 g/mol. The molecule has 0 aliphatic carbocycles. The molecule has 1 rings (SSSR count). The lowest BCUT2D eigenvalue weighted by molar-refractivity contribution is 0.189. The highest BCUT2D eigenvalue weighted by Crippen LogP contribution is 2.46. The van der Waals surface area contributed by atoms with E-state index < -0.39 is 7.75 Å². The highest BCUT2D eigenvalue weighted by Gasteiger charge is 2.33. The Morgan fingerprint density at radius 2 is 2.42 bits per heavy atom. The predicted molar refractivity (Wildman–Crippen MR) is 45.9 cm³/mol. The lowest BCUT2D eigenvalue weighted by Gasteiger charge is -2.34. The third-order valence-corrected chi connectivity index (χ3v) is 3.75. The lowest BCUT2D eigenvalue weighted by atomic mass is 10.3. The highest BCUT2D eigenvalue weighted by atomic mass is 31.2. The molecule has 72 valence electrons. The second-order valence-corrected chi connectivity index (χ2v) is 4.75. The molecule has 1 heterocycles. The largest absolute Gasteiger partial charge is 0.405 e. The van der Waals surface area contributed by atoms with Gasteiger partial charge < -0.3 is 14.7 Å². The monoisotopic (exact) mass is 194 g/mol. The van der Waals surface area contributed by atoms with Gasteiger partial charge in [0.15, 0.2) is 0 Å². The molecule has 0 aromatic carbocycles. The van der Waals surface area contributed by atoms with Gasteiger partial charge in [0, 0.05) is 32.8 Å². The van der Waals surface area contributed by atoms with Gasteiger partial charge in [-0.25, -0.2) is 9.24 Å². The second-order valence-electron chi connectivity index (χ2n) is 2.89. The predicted octanol–water partition coefficient (Wildman–Crippen LogP) is 0.0269. The molecule has 2 N–H and O–H groups in total. The summed E-state index contributed by atoms with van der Waals surface area (Å²) in [5.41, 5.74) is 0. The fourth-order valence-electron chi connectivity index (χ4n) is 1.31. The fraction of sp³-hybridized carbons (Fsp3) is 1.00. The molecule has 0 aromatic heterocycles. The maximum absolute atomic E-state index is 11.4. The van der Waals surface area contributed by atoms with Gasteiger partial charge in [-0.1, -0.05) is 0 Å². The van der Waals surface area contributed by atoms with Crippen LogP contribution in [0.1, 0.15) is 6.92 Å². The maximum atomic E-state index is 11.4. The molecule has 12 heavy (non-hydrogen) atoms. The molecule has 5 nitrogen and oxygen atoms in total. The number of hydrogen-bond donors (Lipinski definition) is 2. The molecule has 0 radical (unpaired) electrons. The Kier molecular flexibility index (Phi) is 3.26. The van der Waals surface area contributed by atoms with Crippen LogP contribution in [0.4, 0.5) is 0 Å². The summed E-state index contributed by atoms with van der Waals surface area (Å²) in [7, 11) is -2.25. The van der Waals surface area contributed by atoms with Gasteiger partial charge in [0.2, 0.25) is 0 Å². The summed E-state index contributed by atoms with van der Waals surface area (Å²) in [5, 5.41) is 3.13. The number of piperazine rings is 1. The van der Waals surface area contributed by atoms with Crippen molar-refractivity contribution in [3.8, 4) is 0 Å². The first kappa shape index (κ1) is 10.2. The van der Waals surface area contributed by atoms with Crippen molar-refractivity contribution in [3.63, 3.8) is 0 Å². The zero-order valence-electron chi connectivity index (χ0n) is 7.36. The van der Waals surface area contributed by atoms with Crippen molar-refractivity contribution in [2.24, 2.45) is 0 Å². The van der Waals surface area contributed by atoms with Gasteiger partial charge in [0.25, 0.3) is 0 Å². The quantitative estimate of drug-likeness (QED) is 0.607. The van der Waals surface area contributed by atoms with Gasteiger partial charge in [-0.05, 0) is 6.92 Å². The molecule has 6 heteroatoms. The standard InChI is InChI=1S/C6H15N2O3P/c1-6-5-7-3-4-8(6)12(9,10)11-2/h6-7H,3-5H2,1-2H3,(H,9,10). The summed E-state index contributed by atoms with van der Waals surface area (Å²) in [4.78, 5) is 9.35. The van der Waals surface area contributed by atoms with Crippen LogP contribution in [0.2, 0.25) is 0 Å². The van der Waals surface area contributed by atoms with E-state index in [2.05, 4.69) is 9.84 Å². The molecule has 0 aromatic rings. The molecule has 2 atom stereocenters. The zero-order chi connectivity index (χ0) is 9.19. The summed E-state index contributed by atoms with van der Waals surface area (Å²) in [6.45, 7) is 3.92. The van der Waals surface area contributed by atoms with E-state index in [4.69, 9.17) is 0 Å². The van der Waals surface area contributed by atoms with E-state index in [1.165, 1.54) is 11.8 Å². The van der Waals surface area contributed by atoms with Crippen LogP contribution < -0.4 is 5.32 Å². The van der Waals surface area contributed by atoms with Crippen LogP contribution in [0.3, 0.4) is 0 Å². The van der Waals surface area contributed by atoms with E-state index >= 15 is 0 Å². The molecule has 0 amide bonds. The van der Waals surface area contributed by atoms with Gasteiger partial charge in [0.05, 0.1) is 0 Å². The van der Waals surface area contributed by atoms with Crippen molar-refractivity contribution in [3.05, 3.63) is 0 Å². The first-order valence-corrected chi connectivity index (χ1v) is 5.47. The first-order chi connectivity index (χ1) is 5.58. The topological polar surface area (TPSA) is 61.8 Å². The van der Waals surface area contributed by atoms with E-state index in [-0.39, 0.29) is 6.04 Å². The molecule has 0 bridgehead atoms. The molecule has 2 unspecified atom stereocenters. The highest BCUT2D eigenvalue weighted by molar-refractivity contribution is 7.50. The Morgan fingerprint density at radius 3 is 2.92 bits per heavy atom. The smallest absolute Gasteiger partial charge is 0.314 e. The van der Waals surface area contributed by atoms with Crippen molar-refractivity contribution in [1.82, 2.24) is 9.99 Å². The van der Waals surface area contributed by atoms with Crippen molar-refractivity contribution >= 4 is 7.75 Å². The Morgan fingerprint density at radius 1 is 1.75 bits per heavy atom. The second kappa shape index (κ2) is 3.85. The van der Waals surface area contributed by atoms with Crippen molar-refractivity contribution in [1.29, 1.82) is 0 Å². The Balaban J connectivity index is 2.65. The minimum Gasteiger partial charge on any atom is -0.314 e. The molecule has 0 saturated carbocycles. The zero-order valence-corrected chi connectivity index (χ0v) is 8.25. The van der Waals surface area contributed by atoms with Gasteiger partial charge in [0.1, 0.15) is 0 Å². The van der Waals surface area contributed by atoms with Crippen LogP contribution in [0, 0.1) is 0 Å². The minimum absolute atomic E-state index is 0.0505. The van der Waals surface area contributed by atoms with Crippen LogP contribution >= 0.6 is 7.75 Å². The number of nitrogens with zero attached hydrogens (tertiary/aromatic N) is 1. The van der Waals surface area contributed by atoms with Crippen molar-refractivity contribution < 1.29 is 14.0 Å². The maximum Gasteiger partial charge on any atom is 0.405 e. The summed E-state index contributed by atoms with van der Waals surface area (Å²) in [5.74, 6) is 0. The van der Waals surface area contributed by atoms with E-state index in [9.17, 15) is 9.46 Å². The number of rotatable bonds is 2. The summed E-state index contributed by atoms with van der Waals surface area (Å²) in [6, 6.07) is 0.0505. The van der Waals surface area contributed by atoms with Gasteiger partial charge >= 0.3 is 7.75 Å². The SMILES string of the molecule is COP(=O)(O)N1CCNCC1C. The molecule has 1 fully saturated rings. The normalized spacial score (nSPS) is 31.4. The molecular weight excluding hydrogens is 179 g/mol. The Bertz CT molecular complexity index is 199. The van der Waals surface area contributed by atoms with Crippen LogP contribution in [-0.2, 0) is 9.09 Å². The molecule has 1 aliphatic rings. The summed E-state index contributed by atoms with van der Waals surface area (Å²) in [6.07, 6.45) is 0. The molecule has 1 saturated heterocycles. The first-order valence-electron chi connectivity index (χ1n) is 3.94. The minimum atomic E-state index is -3.51. The van der Waals surface area contributed by atoms with E-state index in [1.807, 2.05) is 6.92 Å². The van der Waals surface area contributed by atoms with Gasteiger partial charge in [-0.2, -0.15) is 0 Å². The van der Waals surface area contributed by atoms with Crippen LogP contribution in [0.5, 0.6) is 0 Å². The summed E-state index contributed by atoms with van der Waals surface area (Å²) >= 11 is 0. The van der Waals surface area contributed by atoms with Crippen LogP contribution in [0.25, 0.3) is 0 Å². The van der Waals surface area contributed by atoms with Crippen LogP contribution in [0.15, 0.2) is 0 Å². The Labute approximate surface area is 72.3 Å². The van der Waals surface area contributed by atoms with E-state index in [0.29, 0.717) is 6.54 Å². The fourth-order valence-corrected chi connectivity index (χ4v) is 2.45. The molecule has 0 spiro atoms. The molecule has 1 aliphatic heterocycles. The van der Waals surface area contributed by atoms with Gasteiger partial charge in [-0.15, -0.1) is 0 Å². The van der Waals surface area contributed by atoms with E-state index in [0.717, 1.165) is 13.1 Å². The summed E-state index contributed by atoms with van der Waals surface area (Å²) < 4.78 is 17.4. The third kappa shape index (κ3) is 2.06. The molecular formula is C6H15N2O3P. The van der Waals surface area contributed by atoms with Crippen LogP contribution in [-0.4, -0.2) is 42.3 Å². The lowest BCUT2D eigenvalue weighted by Crippen LogP contribution is -2.47. The van der Waals surface area contributed by atoms with E-state index in [1.54, 1.807) is 0 Å². The Hall–Kier alpha value is 0.0700. The third-order valence-electron chi connectivity index (χ3n) is 2.03. The van der Waals surface area contributed by atoms with Gasteiger partial charge in [-0.3, -0.25) is 0 Å². The average Bonchev–Trinajstić information content (AvgIpc) is 2.05. The van der Waals surface area contributed by atoms with Crippen molar-refractivity contribution in [2.45, 2.75) is 13.0 Å². The number of hydrogen-bond acceptors (Lipinski definition) is 3. The number of nitrogens with one attached hydrogen (secondary N) is 1.